The molecule has 2 aromatic carbocycles. The fourth-order valence-electron chi connectivity index (χ4n) is 2.75. The highest BCUT2D eigenvalue weighted by molar-refractivity contribution is 9.10. The Morgan fingerprint density at radius 1 is 1.38 bits per heavy atom. The molecule has 110 valence electrons. The van der Waals surface area contributed by atoms with Crippen LogP contribution in [0.3, 0.4) is 0 Å². The number of fused-ring (bicyclic) bond motifs is 1. The molecule has 1 aliphatic heterocycles. The molecule has 0 saturated heterocycles. The first kappa shape index (κ1) is 14.8. The van der Waals surface area contributed by atoms with Crippen LogP contribution in [-0.2, 0) is 6.42 Å². The third kappa shape index (κ3) is 2.68. The van der Waals surface area contributed by atoms with Crippen LogP contribution >= 0.6 is 27.5 Å². The van der Waals surface area contributed by atoms with Gasteiger partial charge in [-0.25, -0.2) is 4.39 Å². The van der Waals surface area contributed by atoms with Gasteiger partial charge in [0.2, 0.25) is 0 Å². The quantitative estimate of drug-likeness (QED) is 0.860. The number of halogens is 3. The lowest BCUT2D eigenvalue weighted by molar-refractivity contribution is 0.350. The van der Waals surface area contributed by atoms with Crippen LogP contribution in [0.15, 0.2) is 34.8 Å². The highest BCUT2D eigenvalue weighted by Crippen LogP contribution is 2.40. The van der Waals surface area contributed by atoms with E-state index >= 15 is 0 Å². The number of hydrogen-bond donors (Lipinski definition) is 1. The molecule has 0 bridgehead atoms. The largest absolute Gasteiger partial charge is 0.493 e. The molecule has 0 aromatic heterocycles. The minimum absolute atomic E-state index is 0.268. The van der Waals surface area contributed by atoms with E-state index in [9.17, 15) is 4.39 Å². The van der Waals surface area contributed by atoms with Crippen LogP contribution in [0, 0.1) is 5.82 Å². The van der Waals surface area contributed by atoms with Gasteiger partial charge >= 0.3 is 0 Å². The average molecular weight is 371 g/mol. The molecule has 1 aliphatic rings. The van der Waals surface area contributed by atoms with E-state index in [2.05, 4.69) is 21.2 Å². The second kappa shape index (κ2) is 5.95. The fourth-order valence-corrected chi connectivity index (χ4v) is 3.57. The molecule has 5 heteroatoms. The second-order valence-corrected chi connectivity index (χ2v) is 6.23. The summed E-state index contributed by atoms with van der Waals surface area (Å²) in [6.07, 6.45) is 0.831. The molecule has 0 fully saturated rings. The lowest BCUT2D eigenvalue weighted by Gasteiger charge is -2.22. The lowest BCUT2D eigenvalue weighted by atomic mass is 9.95. The first-order valence-corrected chi connectivity index (χ1v) is 7.85. The summed E-state index contributed by atoms with van der Waals surface area (Å²) in [4.78, 5) is 0. The van der Waals surface area contributed by atoms with Gasteiger partial charge in [-0.15, -0.1) is 0 Å². The van der Waals surface area contributed by atoms with E-state index in [0.29, 0.717) is 21.7 Å². The highest BCUT2D eigenvalue weighted by Gasteiger charge is 2.26. The van der Waals surface area contributed by atoms with Crippen molar-refractivity contribution in [2.75, 3.05) is 13.7 Å². The molecule has 1 atom stereocenters. The summed E-state index contributed by atoms with van der Waals surface area (Å²) in [5.41, 5.74) is 2.49. The monoisotopic (exact) mass is 369 g/mol. The summed E-state index contributed by atoms with van der Waals surface area (Å²) in [5.74, 6) is 0.546. The van der Waals surface area contributed by atoms with Gasteiger partial charge in [-0.2, -0.15) is 0 Å². The summed E-state index contributed by atoms with van der Waals surface area (Å²) in [6, 6.07) is 8.38. The number of hydrogen-bond acceptors (Lipinski definition) is 2. The van der Waals surface area contributed by atoms with Crippen LogP contribution in [0.2, 0.25) is 5.02 Å². The van der Waals surface area contributed by atoms with Crippen LogP contribution < -0.4 is 10.1 Å². The fraction of sp³-hybridized carbons (Fsp3) is 0.250. The van der Waals surface area contributed by atoms with Crippen LogP contribution in [-0.4, -0.2) is 13.7 Å². The topological polar surface area (TPSA) is 21.3 Å². The van der Waals surface area contributed by atoms with Crippen molar-refractivity contribution in [3.63, 3.8) is 0 Å². The Labute approximate surface area is 136 Å². The Bertz CT molecular complexity index is 672. The van der Waals surface area contributed by atoms with Crippen molar-refractivity contribution < 1.29 is 9.13 Å². The molecule has 0 radical (unpaired) electrons. The van der Waals surface area contributed by atoms with Crippen LogP contribution in [0.4, 0.5) is 4.39 Å². The maximum Gasteiger partial charge on any atom is 0.129 e. The SMILES string of the molecule is CNC(c1cc(Cl)cc2c1OCC2)c1c(F)cccc1Br. The number of ether oxygens (including phenoxy) is 1. The smallest absolute Gasteiger partial charge is 0.129 e. The predicted octanol–water partition coefficient (Wildman–Crippen LogP) is 4.49. The molecule has 0 amide bonds. The Balaban J connectivity index is 2.18. The first-order chi connectivity index (χ1) is 10.1. The Hall–Kier alpha value is -1.10. The van der Waals surface area contributed by atoms with Gasteiger partial charge in [0.05, 0.1) is 12.6 Å². The van der Waals surface area contributed by atoms with E-state index in [1.54, 1.807) is 13.1 Å². The molecule has 1 unspecified atom stereocenters. The zero-order chi connectivity index (χ0) is 15.0. The van der Waals surface area contributed by atoms with Gasteiger partial charge in [0.15, 0.2) is 0 Å². The second-order valence-electron chi connectivity index (χ2n) is 4.94. The number of nitrogens with one attached hydrogen (secondary N) is 1. The van der Waals surface area contributed by atoms with E-state index in [1.807, 2.05) is 18.2 Å². The van der Waals surface area contributed by atoms with Crippen LogP contribution in [0.25, 0.3) is 0 Å². The standard InChI is InChI=1S/C16H14BrClFNO/c1-20-15(14-12(17)3-2-4-13(14)19)11-8-10(18)7-9-5-6-21-16(9)11/h2-4,7-8,15,20H,5-6H2,1H3. The maximum absolute atomic E-state index is 14.3. The van der Waals surface area contributed by atoms with Gasteiger partial charge in [0, 0.05) is 27.0 Å². The molecule has 1 N–H and O–H groups in total. The van der Waals surface area contributed by atoms with Crippen molar-refractivity contribution in [2.45, 2.75) is 12.5 Å². The van der Waals surface area contributed by atoms with Crippen LogP contribution in [0.5, 0.6) is 5.75 Å². The molecule has 21 heavy (non-hydrogen) atoms. The molecule has 0 saturated carbocycles. The van der Waals surface area contributed by atoms with Crippen molar-refractivity contribution in [1.82, 2.24) is 5.32 Å². The van der Waals surface area contributed by atoms with E-state index in [4.69, 9.17) is 16.3 Å². The molecular weight excluding hydrogens is 357 g/mol. The van der Waals surface area contributed by atoms with E-state index in [-0.39, 0.29) is 11.9 Å². The number of benzene rings is 2. The zero-order valence-electron chi connectivity index (χ0n) is 11.4. The number of rotatable bonds is 3. The van der Waals surface area contributed by atoms with Crippen molar-refractivity contribution >= 4 is 27.5 Å². The average Bonchev–Trinajstić information content (AvgIpc) is 2.90. The minimum atomic E-state index is -0.328. The van der Waals surface area contributed by atoms with Crippen molar-refractivity contribution in [2.24, 2.45) is 0 Å². The third-order valence-corrected chi connectivity index (χ3v) is 4.57. The minimum Gasteiger partial charge on any atom is -0.493 e. The van der Waals surface area contributed by atoms with Gasteiger partial charge in [0.1, 0.15) is 11.6 Å². The van der Waals surface area contributed by atoms with E-state index in [0.717, 1.165) is 23.3 Å². The first-order valence-electron chi connectivity index (χ1n) is 6.68. The third-order valence-electron chi connectivity index (χ3n) is 3.67. The van der Waals surface area contributed by atoms with E-state index < -0.39 is 0 Å². The maximum atomic E-state index is 14.3. The van der Waals surface area contributed by atoms with Crippen molar-refractivity contribution in [3.05, 3.63) is 62.3 Å². The summed E-state index contributed by atoms with van der Waals surface area (Å²) in [6.45, 7) is 0.636. The Morgan fingerprint density at radius 2 is 2.19 bits per heavy atom. The molecule has 0 spiro atoms. The molecule has 1 heterocycles. The molecule has 2 nitrogen and oxygen atoms in total. The summed E-state index contributed by atoms with van der Waals surface area (Å²) < 4.78 is 20.7. The Kier molecular flexibility index (Phi) is 4.20. The zero-order valence-corrected chi connectivity index (χ0v) is 13.8. The van der Waals surface area contributed by atoms with Gasteiger partial charge in [-0.1, -0.05) is 33.6 Å². The van der Waals surface area contributed by atoms with Gasteiger partial charge < -0.3 is 10.1 Å². The Morgan fingerprint density at radius 3 is 2.90 bits per heavy atom. The van der Waals surface area contributed by atoms with Gasteiger partial charge in [-0.05, 0) is 36.9 Å². The summed E-state index contributed by atoms with van der Waals surface area (Å²) in [5, 5.41) is 3.81. The normalized spacial score (nSPS) is 14.7. The van der Waals surface area contributed by atoms with Gasteiger partial charge in [-0.3, -0.25) is 0 Å². The predicted molar refractivity (Wildman–Crippen MR) is 85.7 cm³/mol. The summed E-state index contributed by atoms with van der Waals surface area (Å²) >= 11 is 9.64. The van der Waals surface area contributed by atoms with Crippen molar-refractivity contribution in [1.29, 1.82) is 0 Å². The van der Waals surface area contributed by atoms with Crippen molar-refractivity contribution in [3.8, 4) is 5.75 Å². The molecular formula is C16H14BrClFNO. The molecule has 0 aliphatic carbocycles. The molecule has 3 rings (SSSR count). The molecule has 2 aromatic rings. The van der Waals surface area contributed by atoms with E-state index in [1.165, 1.54) is 6.07 Å². The van der Waals surface area contributed by atoms with Gasteiger partial charge in [0.25, 0.3) is 0 Å². The summed E-state index contributed by atoms with van der Waals surface area (Å²) in [7, 11) is 1.80. The lowest BCUT2D eigenvalue weighted by Crippen LogP contribution is -2.20. The van der Waals surface area contributed by atoms with Crippen LogP contribution in [0.1, 0.15) is 22.7 Å². The highest BCUT2D eigenvalue weighted by atomic mass is 79.9.